The minimum atomic E-state index is 0.109. The first kappa shape index (κ1) is 24.2. The Kier molecular flexibility index (Phi) is 6.95. The van der Waals surface area contributed by atoms with E-state index in [1.807, 2.05) is 41.6 Å². The molecular formula is C28H38N8O. The fraction of sp³-hybridized carbons (Fsp3) is 0.571. The van der Waals surface area contributed by atoms with Gasteiger partial charge in [-0.25, -0.2) is 4.98 Å². The van der Waals surface area contributed by atoms with Gasteiger partial charge in [0.05, 0.1) is 6.33 Å². The van der Waals surface area contributed by atoms with Crippen LogP contribution in [0.2, 0.25) is 0 Å². The highest BCUT2D eigenvalue weighted by atomic mass is 16.2. The zero-order valence-corrected chi connectivity index (χ0v) is 21.5. The lowest BCUT2D eigenvalue weighted by Crippen LogP contribution is -2.42. The number of benzene rings is 1. The summed E-state index contributed by atoms with van der Waals surface area (Å²) in [6, 6.07) is 10.9. The van der Waals surface area contributed by atoms with Crippen molar-refractivity contribution >= 4 is 28.8 Å². The summed E-state index contributed by atoms with van der Waals surface area (Å²) < 4.78 is 2.26. The molecule has 37 heavy (non-hydrogen) atoms. The van der Waals surface area contributed by atoms with Gasteiger partial charge in [-0.2, -0.15) is 9.97 Å². The summed E-state index contributed by atoms with van der Waals surface area (Å²) in [4.78, 5) is 29.5. The van der Waals surface area contributed by atoms with Crippen LogP contribution in [0.25, 0.3) is 11.2 Å². The molecule has 4 N–H and O–H groups in total. The maximum absolute atomic E-state index is 12.9. The normalized spacial score (nSPS) is 23.4. The molecule has 2 aliphatic carbocycles. The van der Waals surface area contributed by atoms with E-state index in [2.05, 4.69) is 15.2 Å². The Morgan fingerprint density at radius 2 is 1.57 bits per heavy atom. The third kappa shape index (κ3) is 5.28. The molecule has 2 aromatic heterocycles. The average Bonchev–Trinajstić information content (AvgIpc) is 3.61. The number of likely N-dealkylation sites (tertiary alicyclic amines) is 1. The molecule has 0 unspecified atom stereocenters. The zero-order chi connectivity index (χ0) is 25.2. The van der Waals surface area contributed by atoms with Crippen molar-refractivity contribution in [1.82, 2.24) is 24.4 Å². The van der Waals surface area contributed by atoms with Crippen LogP contribution in [-0.2, 0) is 0 Å². The van der Waals surface area contributed by atoms with Crippen molar-refractivity contribution in [2.75, 3.05) is 23.7 Å². The van der Waals surface area contributed by atoms with Crippen molar-refractivity contribution in [3.05, 3.63) is 42.2 Å². The van der Waals surface area contributed by atoms with Gasteiger partial charge >= 0.3 is 0 Å². The summed E-state index contributed by atoms with van der Waals surface area (Å²) in [6.45, 7) is 1.45. The predicted octanol–water partition coefficient (Wildman–Crippen LogP) is 4.34. The predicted molar refractivity (Wildman–Crippen MR) is 146 cm³/mol. The fourth-order valence-electron chi connectivity index (χ4n) is 6.16. The molecular weight excluding hydrogens is 464 g/mol. The van der Waals surface area contributed by atoms with Gasteiger partial charge in [0, 0.05) is 42.8 Å². The van der Waals surface area contributed by atoms with Crippen LogP contribution in [0.15, 0.2) is 36.7 Å². The molecule has 2 saturated carbocycles. The molecule has 9 heteroatoms. The second kappa shape index (κ2) is 10.7. The fourth-order valence-corrected chi connectivity index (χ4v) is 6.16. The smallest absolute Gasteiger partial charge is 0.253 e. The van der Waals surface area contributed by atoms with Crippen LogP contribution in [-0.4, -0.2) is 61.5 Å². The van der Waals surface area contributed by atoms with Crippen LogP contribution in [0.1, 0.15) is 80.6 Å². The minimum absolute atomic E-state index is 0.109. The number of hydrogen-bond donors (Lipinski definition) is 3. The molecule has 1 aliphatic heterocycles. The van der Waals surface area contributed by atoms with E-state index in [-0.39, 0.29) is 11.9 Å². The minimum Gasteiger partial charge on any atom is -0.365 e. The number of carbonyl (C=O) groups excluding carboxylic acids is 1. The Labute approximate surface area is 218 Å². The number of anilines is 2. The third-order valence-electron chi connectivity index (χ3n) is 8.39. The number of nitrogens with one attached hydrogen (secondary N) is 2. The lowest BCUT2D eigenvalue weighted by molar-refractivity contribution is 0.0718. The number of hydrogen-bond acceptors (Lipinski definition) is 7. The molecule has 3 heterocycles. The summed E-state index contributed by atoms with van der Waals surface area (Å²) in [5.41, 5.74) is 8.63. The Morgan fingerprint density at radius 1 is 0.865 bits per heavy atom. The molecule has 0 spiro atoms. The van der Waals surface area contributed by atoms with Gasteiger partial charge in [0.25, 0.3) is 5.91 Å². The Bertz CT molecular complexity index is 1210. The first-order chi connectivity index (χ1) is 18.1. The van der Waals surface area contributed by atoms with E-state index >= 15 is 0 Å². The van der Waals surface area contributed by atoms with Crippen molar-refractivity contribution in [1.29, 1.82) is 0 Å². The van der Waals surface area contributed by atoms with Crippen LogP contribution in [0.5, 0.6) is 0 Å². The van der Waals surface area contributed by atoms with E-state index in [0.717, 1.165) is 74.2 Å². The van der Waals surface area contributed by atoms with Gasteiger partial charge in [-0.15, -0.1) is 0 Å². The second-order valence-corrected chi connectivity index (χ2v) is 11.0. The zero-order valence-electron chi connectivity index (χ0n) is 21.5. The van der Waals surface area contributed by atoms with E-state index in [1.165, 1.54) is 25.7 Å². The Morgan fingerprint density at radius 3 is 2.30 bits per heavy atom. The SMILES string of the molecule is N[C@H]1CC[C@H](Nc2nc(NC3CCN(C(=O)c4ccccc4)CC3)c3ncn(C4CCCC4)c3n2)CC1. The number of imidazole rings is 1. The van der Waals surface area contributed by atoms with Gasteiger partial charge in [-0.1, -0.05) is 31.0 Å². The number of rotatable bonds is 6. The number of carbonyl (C=O) groups is 1. The maximum Gasteiger partial charge on any atom is 0.253 e. The van der Waals surface area contributed by atoms with Crippen LogP contribution < -0.4 is 16.4 Å². The van der Waals surface area contributed by atoms with Crippen molar-refractivity contribution in [3.8, 4) is 0 Å². The summed E-state index contributed by atoms with van der Waals surface area (Å²) in [7, 11) is 0. The second-order valence-electron chi connectivity index (χ2n) is 11.0. The van der Waals surface area contributed by atoms with Crippen LogP contribution in [0.4, 0.5) is 11.8 Å². The molecule has 0 radical (unpaired) electrons. The van der Waals surface area contributed by atoms with E-state index in [1.54, 1.807) is 0 Å². The highest BCUT2D eigenvalue weighted by molar-refractivity contribution is 5.94. The van der Waals surface area contributed by atoms with E-state index in [4.69, 9.17) is 20.7 Å². The van der Waals surface area contributed by atoms with E-state index in [0.29, 0.717) is 24.1 Å². The van der Waals surface area contributed by atoms with Crippen LogP contribution >= 0.6 is 0 Å². The monoisotopic (exact) mass is 502 g/mol. The molecule has 9 nitrogen and oxygen atoms in total. The van der Waals surface area contributed by atoms with E-state index < -0.39 is 0 Å². The van der Waals surface area contributed by atoms with Gasteiger partial charge in [-0.3, -0.25) is 4.79 Å². The Hall–Kier alpha value is -3.20. The molecule has 1 amide bonds. The van der Waals surface area contributed by atoms with Crippen LogP contribution in [0, 0.1) is 0 Å². The van der Waals surface area contributed by atoms with Crippen molar-refractivity contribution < 1.29 is 4.79 Å². The van der Waals surface area contributed by atoms with Gasteiger partial charge in [0.15, 0.2) is 17.0 Å². The molecule has 1 aromatic carbocycles. The van der Waals surface area contributed by atoms with Crippen molar-refractivity contribution in [3.63, 3.8) is 0 Å². The summed E-state index contributed by atoms with van der Waals surface area (Å²) in [6.07, 6.45) is 12.7. The largest absolute Gasteiger partial charge is 0.365 e. The van der Waals surface area contributed by atoms with Gasteiger partial charge < -0.3 is 25.8 Å². The van der Waals surface area contributed by atoms with Gasteiger partial charge in [0.1, 0.15) is 0 Å². The van der Waals surface area contributed by atoms with Crippen molar-refractivity contribution in [2.24, 2.45) is 5.73 Å². The van der Waals surface area contributed by atoms with Gasteiger partial charge in [-0.05, 0) is 63.5 Å². The molecule has 6 rings (SSSR count). The number of fused-ring (bicyclic) bond motifs is 1. The molecule has 0 bridgehead atoms. The number of amides is 1. The summed E-state index contributed by atoms with van der Waals surface area (Å²) >= 11 is 0. The first-order valence-corrected chi connectivity index (χ1v) is 14.0. The molecule has 3 aromatic rings. The van der Waals surface area contributed by atoms with Gasteiger partial charge in [0.2, 0.25) is 5.95 Å². The topological polar surface area (TPSA) is 114 Å². The molecule has 3 aliphatic rings. The molecule has 3 fully saturated rings. The number of aromatic nitrogens is 4. The highest BCUT2D eigenvalue weighted by Crippen LogP contribution is 2.34. The first-order valence-electron chi connectivity index (χ1n) is 14.0. The average molecular weight is 503 g/mol. The summed E-state index contributed by atoms with van der Waals surface area (Å²) in [5.74, 6) is 1.58. The highest BCUT2D eigenvalue weighted by Gasteiger charge is 2.27. The van der Waals surface area contributed by atoms with Crippen LogP contribution in [0.3, 0.4) is 0 Å². The molecule has 1 saturated heterocycles. The number of piperidine rings is 1. The maximum atomic E-state index is 12.9. The Balaban J connectivity index is 1.20. The quantitative estimate of drug-likeness (QED) is 0.459. The van der Waals surface area contributed by atoms with E-state index in [9.17, 15) is 4.79 Å². The lowest BCUT2D eigenvalue weighted by Gasteiger charge is -2.33. The number of nitrogens with zero attached hydrogens (tertiary/aromatic N) is 5. The number of nitrogens with two attached hydrogens (primary N) is 1. The molecule has 0 atom stereocenters. The standard InChI is InChI=1S/C28H38N8O/c29-20-10-12-21(13-11-20)32-28-33-25(24-26(34-28)36(18-30-24)23-8-4-5-9-23)31-22-14-16-35(17-15-22)27(37)19-6-2-1-3-7-19/h1-3,6-7,18,20-23H,4-5,8-17,29H2,(H2,31,32,33,34)/t20-,21-. The van der Waals surface area contributed by atoms with Crippen molar-refractivity contribution in [2.45, 2.75) is 88.4 Å². The molecule has 196 valence electrons. The third-order valence-corrected chi connectivity index (χ3v) is 8.39. The lowest BCUT2D eigenvalue weighted by atomic mass is 9.92. The summed E-state index contributed by atoms with van der Waals surface area (Å²) in [5, 5.41) is 7.29.